The summed E-state index contributed by atoms with van der Waals surface area (Å²) in [4.78, 5) is 0. The van der Waals surface area contributed by atoms with Crippen molar-refractivity contribution in [3.05, 3.63) is 0 Å². The summed E-state index contributed by atoms with van der Waals surface area (Å²) < 4.78 is 5.34. The van der Waals surface area contributed by atoms with E-state index >= 15 is 0 Å². The molecule has 0 atom stereocenters. The third-order valence-electron chi connectivity index (χ3n) is 1.73. The van der Waals surface area contributed by atoms with Crippen molar-refractivity contribution in [1.82, 2.24) is 5.32 Å². The number of ether oxygens (including phenoxy) is 1. The van der Waals surface area contributed by atoms with Crippen molar-refractivity contribution in [3.63, 3.8) is 0 Å². The van der Waals surface area contributed by atoms with E-state index in [1.165, 1.54) is 0 Å². The molecule has 1 aliphatic heterocycles. The molecule has 0 amide bonds. The van der Waals surface area contributed by atoms with E-state index in [4.69, 9.17) is 9.84 Å². The fourth-order valence-corrected chi connectivity index (χ4v) is 1.18. The highest BCUT2D eigenvalue weighted by molar-refractivity contribution is 5.85. The van der Waals surface area contributed by atoms with Crippen LogP contribution < -0.4 is 5.32 Å². The minimum absolute atomic E-state index is 0. The van der Waals surface area contributed by atoms with Crippen LogP contribution in [0.1, 0.15) is 12.8 Å². The SMILES string of the molecule is Cl.OCCOC1CCNCC1. The summed E-state index contributed by atoms with van der Waals surface area (Å²) in [7, 11) is 0. The summed E-state index contributed by atoms with van der Waals surface area (Å²) >= 11 is 0. The van der Waals surface area contributed by atoms with Gasteiger partial charge in [-0.3, -0.25) is 0 Å². The van der Waals surface area contributed by atoms with E-state index in [2.05, 4.69) is 5.32 Å². The molecule has 0 aromatic rings. The highest BCUT2D eigenvalue weighted by atomic mass is 35.5. The molecule has 0 radical (unpaired) electrons. The second kappa shape index (κ2) is 6.85. The number of piperidine rings is 1. The Kier molecular flexibility index (Phi) is 6.96. The molecule has 4 heteroatoms. The van der Waals surface area contributed by atoms with Gasteiger partial charge < -0.3 is 15.2 Å². The first-order valence-corrected chi connectivity index (χ1v) is 3.86. The van der Waals surface area contributed by atoms with E-state index in [-0.39, 0.29) is 19.0 Å². The highest BCUT2D eigenvalue weighted by Gasteiger charge is 2.11. The average molecular weight is 182 g/mol. The minimum Gasteiger partial charge on any atom is -0.394 e. The van der Waals surface area contributed by atoms with Crippen LogP contribution in [-0.2, 0) is 4.74 Å². The number of rotatable bonds is 3. The van der Waals surface area contributed by atoms with Gasteiger partial charge in [-0.05, 0) is 25.9 Å². The predicted octanol–water partition coefficient (Wildman–Crippen LogP) is 0.169. The summed E-state index contributed by atoms with van der Waals surface area (Å²) in [5.74, 6) is 0. The lowest BCUT2D eigenvalue weighted by atomic mass is 10.1. The van der Waals surface area contributed by atoms with Crippen molar-refractivity contribution < 1.29 is 9.84 Å². The van der Waals surface area contributed by atoms with Gasteiger partial charge in [-0.2, -0.15) is 0 Å². The van der Waals surface area contributed by atoms with Crippen molar-refractivity contribution in [2.24, 2.45) is 0 Å². The van der Waals surface area contributed by atoms with Gasteiger partial charge in [0.15, 0.2) is 0 Å². The number of halogens is 1. The second-order valence-corrected chi connectivity index (χ2v) is 2.54. The third kappa shape index (κ3) is 4.58. The minimum atomic E-state index is 0. The monoisotopic (exact) mass is 181 g/mol. The maximum Gasteiger partial charge on any atom is 0.0701 e. The molecule has 0 aromatic carbocycles. The quantitative estimate of drug-likeness (QED) is 0.653. The summed E-state index contributed by atoms with van der Waals surface area (Å²) in [6.07, 6.45) is 2.55. The van der Waals surface area contributed by atoms with Crippen molar-refractivity contribution >= 4 is 12.4 Å². The molecule has 0 bridgehead atoms. The first-order valence-electron chi connectivity index (χ1n) is 3.86. The van der Waals surface area contributed by atoms with Crippen LogP contribution in [0.15, 0.2) is 0 Å². The molecule has 1 aliphatic rings. The molecule has 1 heterocycles. The predicted molar refractivity (Wildman–Crippen MR) is 46.2 cm³/mol. The average Bonchev–Trinajstić information content (AvgIpc) is 2.03. The van der Waals surface area contributed by atoms with E-state index in [0.29, 0.717) is 12.7 Å². The van der Waals surface area contributed by atoms with Crippen molar-refractivity contribution in [2.45, 2.75) is 18.9 Å². The van der Waals surface area contributed by atoms with Gasteiger partial charge in [-0.25, -0.2) is 0 Å². The standard InChI is InChI=1S/C7H15NO2.ClH/c9-5-6-10-7-1-3-8-4-2-7;/h7-9H,1-6H2;1H. The fourth-order valence-electron chi connectivity index (χ4n) is 1.18. The Morgan fingerprint density at radius 2 is 2.00 bits per heavy atom. The maximum absolute atomic E-state index is 8.46. The lowest BCUT2D eigenvalue weighted by molar-refractivity contribution is 0.0126. The Labute approximate surface area is 73.5 Å². The maximum atomic E-state index is 8.46. The molecule has 0 aromatic heterocycles. The van der Waals surface area contributed by atoms with Gasteiger partial charge in [0.2, 0.25) is 0 Å². The molecular formula is C7H16ClNO2. The van der Waals surface area contributed by atoms with Gasteiger partial charge in [0.1, 0.15) is 0 Å². The Bertz CT molecular complexity index is 86.5. The lowest BCUT2D eigenvalue weighted by Crippen LogP contribution is -2.32. The van der Waals surface area contributed by atoms with Gasteiger partial charge in [0.25, 0.3) is 0 Å². The number of hydrogen-bond acceptors (Lipinski definition) is 3. The number of aliphatic hydroxyl groups excluding tert-OH is 1. The third-order valence-corrected chi connectivity index (χ3v) is 1.73. The van der Waals surface area contributed by atoms with Crippen LogP contribution in [0.4, 0.5) is 0 Å². The Morgan fingerprint density at radius 1 is 1.36 bits per heavy atom. The zero-order valence-corrected chi connectivity index (χ0v) is 7.40. The number of nitrogens with one attached hydrogen (secondary N) is 1. The molecule has 3 nitrogen and oxygen atoms in total. The second-order valence-electron chi connectivity index (χ2n) is 2.54. The van der Waals surface area contributed by atoms with Crippen molar-refractivity contribution in [1.29, 1.82) is 0 Å². The van der Waals surface area contributed by atoms with Crippen LogP contribution in [0.5, 0.6) is 0 Å². The zero-order chi connectivity index (χ0) is 7.23. The van der Waals surface area contributed by atoms with Crippen LogP contribution in [0.3, 0.4) is 0 Å². The number of hydrogen-bond donors (Lipinski definition) is 2. The van der Waals surface area contributed by atoms with Crippen molar-refractivity contribution in [3.8, 4) is 0 Å². The summed E-state index contributed by atoms with van der Waals surface area (Å²) in [6, 6.07) is 0. The fraction of sp³-hybridized carbons (Fsp3) is 1.00. The van der Waals surface area contributed by atoms with Gasteiger partial charge >= 0.3 is 0 Å². The van der Waals surface area contributed by atoms with E-state index < -0.39 is 0 Å². The van der Waals surface area contributed by atoms with E-state index in [1.807, 2.05) is 0 Å². The topological polar surface area (TPSA) is 41.5 Å². The van der Waals surface area contributed by atoms with Crippen LogP contribution in [0.2, 0.25) is 0 Å². The van der Waals surface area contributed by atoms with E-state index in [0.717, 1.165) is 25.9 Å². The zero-order valence-electron chi connectivity index (χ0n) is 6.58. The normalized spacial score (nSPS) is 19.4. The molecule has 1 saturated heterocycles. The molecule has 0 spiro atoms. The Morgan fingerprint density at radius 3 is 2.55 bits per heavy atom. The van der Waals surface area contributed by atoms with E-state index in [9.17, 15) is 0 Å². The smallest absolute Gasteiger partial charge is 0.0701 e. The van der Waals surface area contributed by atoms with Gasteiger partial charge in [0, 0.05) is 0 Å². The molecule has 2 N–H and O–H groups in total. The molecule has 1 rings (SSSR count). The first kappa shape index (κ1) is 11.2. The van der Waals surface area contributed by atoms with Crippen LogP contribution in [-0.4, -0.2) is 37.5 Å². The molecule has 0 unspecified atom stereocenters. The molecule has 68 valence electrons. The Hall–Kier alpha value is 0.170. The summed E-state index contributed by atoms with van der Waals surface area (Å²) in [5.41, 5.74) is 0. The lowest BCUT2D eigenvalue weighted by Gasteiger charge is -2.22. The van der Waals surface area contributed by atoms with Gasteiger partial charge in [0.05, 0.1) is 19.3 Å². The summed E-state index contributed by atoms with van der Waals surface area (Å²) in [5, 5.41) is 11.7. The van der Waals surface area contributed by atoms with E-state index in [1.54, 1.807) is 0 Å². The molecule has 11 heavy (non-hydrogen) atoms. The molecule has 0 saturated carbocycles. The molecule has 1 fully saturated rings. The van der Waals surface area contributed by atoms with Gasteiger partial charge in [-0.1, -0.05) is 0 Å². The van der Waals surface area contributed by atoms with Crippen LogP contribution in [0.25, 0.3) is 0 Å². The van der Waals surface area contributed by atoms with Gasteiger partial charge in [-0.15, -0.1) is 12.4 Å². The summed E-state index contributed by atoms with van der Waals surface area (Å²) in [6.45, 7) is 2.74. The largest absolute Gasteiger partial charge is 0.394 e. The van der Waals surface area contributed by atoms with Crippen LogP contribution in [0, 0.1) is 0 Å². The molecule has 0 aliphatic carbocycles. The Balaban J connectivity index is 0.000001000. The first-order chi connectivity index (χ1) is 4.93. The van der Waals surface area contributed by atoms with Crippen LogP contribution >= 0.6 is 12.4 Å². The van der Waals surface area contributed by atoms with Crippen molar-refractivity contribution in [2.75, 3.05) is 26.3 Å². The number of aliphatic hydroxyl groups is 1. The highest BCUT2D eigenvalue weighted by Crippen LogP contribution is 2.05. The molecular weight excluding hydrogens is 166 g/mol.